The minimum atomic E-state index is -0.581. The summed E-state index contributed by atoms with van der Waals surface area (Å²) in [5.41, 5.74) is 9.22. The molecule has 0 aliphatic carbocycles. The molecular formula is C17H20N6O2. The number of aryl methyl sites for hydroxylation is 1. The Balaban J connectivity index is 1.70. The second kappa shape index (κ2) is 5.75. The van der Waals surface area contributed by atoms with E-state index >= 15 is 0 Å². The number of nitrogens with zero attached hydrogens (tertiary/aromatic N) is 5. The lowest BCUT2D eigenvalue weighted by molar-refractivity contribution is -0.139. The Morgan fingerprint density at radius 3 is 2.68 bits per heavy atom. The molecule has 25 heavy (non-hydrogen) atoms. The van der Waals surface area contributed by atoms with Crippen LogP contribution in [-0.2, 0) is 16.0 Å². The van der Waals surface area contributed by atoms with Crippen LogP contribution in [0.4, 0.5) is 5.82 Å². The third-order valence-corrected chi connectivity index (χ3v) is 4.14. The molecule has 8 nitrogen and oxygen atoms in total. The molecule has 4 rings (SSSR count). The van der Waals surface area contributed by atoms with E-state index in [-0.39, 0.29) is 6.10 Å². The van der Waals surface area contributed by atoms with E-state index in [0.29, 0.717) is 36.0 Å². The molecule has 2 aromatic heterocycles. The van der Waals surface area contributed by atoms with Crippen molar-refractivity contribution in [1.29, 1.82) is 0 Å². The molecule has 0 spiro atoms. The summed E-state index contributed by atoms with van der Waals surface area (Å²) in [6.07, 6.45) is -0.112. The van der Waals surface area contributed by atoms with Gasteiger partial charge in [-0.1, -0.05) is 35.0 Å². The number of fused-ring (bicyclic) bond motifs is 1. The molecule has 0 saturated carbocycles. The Hall–Kier alpha value is -2.58. The molecular weight excluding hydrogens is 320 g/mol. The summed E-state index contributed by atoms with van der Waals surface area (Å²) in [4.78, 5) is 8.99. The zero-order chi connectivity index (χ0) is 17.6. The molecule has 0 bridgehead atoms. The van der Waals surface area contributed by atoms with Gasteiger partial charge < -0.3 is 15.2 Å². The van der Waals surface area contributed by atoms with E-state index in [9.17, 15) is 0 Å². The standard InChI is InChI=1S/C17H20N6O2/c1-10-4-6-11(7-5-10)15-19-14(18)13-16(20-15)23(22-21-13)8-12-9-24-17(2,3)25-12/h4-7,12H,8-9H2,1-3H3,(H2,18,19,20). The van der Waals surface area contributed by atoms with Gasteiger partial charge in [-0.2, -0.15) is 0 Å². The van der Waals surface area contributed by atoms with Gasteiger partial charge in [-0.05, 0) is 20.8 Å². The summed E-state index contributed by atoms with van der Waals surface area (Å²) in [6.45, 7) is 6.81. The highest BCUT2D eigenvalue weighted by molar-refractivity contribution is 5.83. The maximum Gasteiger partial charge on any atom is 0.184 e. The summed E-state index contributed by atoms with van der Waals surface area (Å²) in [6, 6.07) is 7.97. The predicted octanol–water partition coefficient (Wildman–Crippen LogP) is 1.93. The molecule has 130 valence electrons. The largest absolute Gasteiger partial charge is 0.382 e. The van der Waals surface area contributed by atoms with Crippen molar-refractivity contribution in [1.82, 2.24) is 25.0 Å². The second-order valence-corrected chi connectivity index (χ2v) is 6.69. The van der Waals surface area contributed by atoms with E-state index < -0.39 is 5.79 Å². The van der Waals surface area contributed by atoms with Crippen molar-refractivity contribution >= 4 is 17.0 Å². The average Bonchev–Trinajstić information content (AvgIpc) is 3.12. The molecule has 0 radical (unpaired) electrons. The van der Waals surface area contributed by atoms with Crippen molar-refractivity contribution in [3.8, 4) is 11.4 Å². The van der Waals surface area contributed by atoms with Crippen LogP contribution in [0.1, 0.15) is 19.4 Å². The lowest BCUT2D eigenvalue weighted by Crippen LogP contribution is -2.24. The van der Waals surface area contributed by atoms with Crippen LogP contribution in [0.15, 0.2) is 24.3 Å². The van der Waals surface area contributed by atoms with Crippen LogP contribution < -0.4 is 5.73 Å². The Labute approximate surface area is 145 Å². The van der Waals surface area contributed by atoms with Crippen LogP contribution in [0.2, 0.25) is 0 Å². The molecule has 1 atom stereocenters. The van der Waals surface area contributed by atoms with Crippen molar-refractivity contribution in [2.75, 3.05) is 12.3 Å². The van der Waals surface area contributed by atoms with Gasteiger partial charge >= 0.3 is 0 Å². The van der Waals surface area contributed by atoms with Gasteiger partial charge in [0.05, 0.1) is 13.2 Å². The SMILES string of the molecule is Cc1ccc(-c2nc(N)c3nnn(CC4COC(C)(C)O4)c3n2)cc1. The van der Waals surface area contributed by atoms with Gasteiger partial charge in [0.1, 0.15) is 6.10 Å². The molecule has 1 unspecified atom stereocenters. The molecule has 2 N–H and O–H groups in total. The number of hydrogen-bond donors (Lipinski definition) is 1. The lowest BCUT2D eigenvalue weighted by atomic mass is 10.1. The van der Waals surface area contributed by atoms with Crippen LogP contribution in [0.25, 0.3) is 22.6 Å². The molecule has 1 aromatic carbocycles. The van der Waals surface area contributed by atoms with Crippen LogP contribution in [0.3, 0.4) is 0 Å². The van der Waals surface area contributed by atoms with E-state index in [2.05, 4.69) is 20.3 Å². The normalized spacial score (nSPS) is 19.6. The first-order chi connectivity index (χ1) is 11.9. The quantitative estimate of drug-likeness (QED) is 0.777. The van der Waals surface area contributed by atoms with E-state index in [1.807, 2.05) is 45.0 Å². The number of nitrogen functional groups attached to an aromatic ring is 1. The maximum atomic E-state index is 6.07. The highest BCUT2D eigenvalue weighted by atomic mass is 16.7. The smallest absolute Gasteiger partial charge is 0.184 e. The summed E-state index contributed by atoms with van der Waals surface area (Å²) in [5.74, 6) is 0.287. The molecule has 1 aliphatic rings. The highest BCUT2D eigenvalue weighted by Gasteiger charge is 2.33. The number of aromatic nitrogens is 5. The number of anilines is 1. The average molecular weight is 340 g/mol. The first-order valence-electron chi connectivity index (χ1n) is 8.17. The topological polar surface area (TPSA) is 101 Å². The van der Waals surface area contributed by atoms with Crippen LogP contribution >= 0.6 is 0 Å². The van der Waals surface area contributed by atoms with Gasteiger partial charge in [0.2, 0.25) is 0 Å². The Morgan fingerprint density at radius 1 is 1.24 bits per heavy atom. The summed E-state index contributed by atoms with van der Waals surface area (Å²) in [7, 11) is 0. The van der Waals surface area contributed by atoms with Gasteiger partial charge in [0.25, 0.3) is 0 Å². The molecule has 0 amide bonds. The predicted molar refractivity (Wildman–Crippen MR) is 92.6 cm³/mol. The van der Waals surface area contributed by atoms with Crippen molar-refractivity contribution < 1.29 is 9.47 Å². The summed E-state index contributed by atoms with van der Waals surface area (Å²) < 4.78 is 13.1. The fraction of sp³-hybridized carbons (Fsp3) is 0.412. The van der Waals surface area contributed by atoms with E-state index in [1.165, 1.54) is 5.56 Å². The number of hydrogen-bond acceptors (Lipinski definition) is 7. The van der Waals surface area contributed by atoms with E-state index in [0.717, 1.165) is 5.56 Å². The number of rotatable bonds is 3. The van der Waals surface area contributed by atoms with Gasteiger partial charge in [-0.3, -0.25) is 0 Å². The molecule has 1 fully saturated rings. The van der Waals surface area contributed by atoms with Crippen LogP contribution in [0.5, 0.6) is 0 Å². The number of ether oxygens (including phenoxy) is 2. The van der Waals surface area contributed by atoms with Gasteiger partial charge in [-0.25, -0.2) is 14.6 Å². The van der Waals surface area contributed by atoms with Gasteiger partial charge in [0, 0.05) is 5.56 Å². The Morgan fingerprint density at radius 2 is 2.00 bits per heavy atom. The maximum absolute atomic E-state index is 6.07. The minimum absolute atomic E-state index is 0.112. The van der Waals surface area contributed by atoms with E-state index in [1.54, 1.807) is 4.68 Å². The molecule has 1 saturated heterocycles. The van der Waals surface area contributed by atoms with Crippen molar-refractivity contribution in [2.45, 2.75) is 39.2 Å². The van der Waals surface area contributed by atoms with Crippen molar-refractivity contribution in [2.24, 2.45) is 0 Å². The number of benzene rings is 1. The summed E-state index contributed by atoms with van der Waals surface area (Å²) in [5, 5.41) is 8.28. The fourth-order valence-corrected chi connectivity index (χ4v) is 2.88. The molecule has 3 aromatic rings. The third kappa shape index (κ3) is 3.06. The Bertz CT molecular complexity index is 919. The third-order valence-electron chi connectivity index (χ3n) is 4.14. The van der Waals surface area contributed by atoms with Crippen LogP contribution in [0, 0.1) is 6.92 Å². The van der Waals surface area contributed by atoms with Crippen molar-refractivity contribution in [3.63, 3.8) is 0 Å². The zero-order valence-electron chi connectivity index (χ0n) is 14.4. The summed E-state index contributed by atoms with van der Waals surface area (Å²) >= 11 is 0. The number of nitrogens with two attached hydrogens (primary N) is 1. The Kier molecular flexibility index (Phi) is 3.66. The first-order valence-corrected chi connectivity index (χ1v) is 8.17. The fourth-order valence-electron chi connectivity index (χ4n) is 2.88. The highest BCUT2D eigenvalue weighted by Crippen LogP contribution is 2.25. The molecule has 8 heteroatoms. The molecule has 3 heterocycles. The minimum Gasteiger partial charge on any atom is -0.382 e. The van der Waals surface area contributed by atoms with E-state index in [4.69, 9.17) is 15.2 Å². The zero-order valence-corrected chi connectivity index (χ0v) is 14.4. The first kappa shape index (κ1) is 15.9. The van der Waals surface area contributed by atoms with Crippen molar-refractivity contribution in [3.05, 3.63) is 29.8 Å². The van der Waals surface area contributed by atoms with Gasteiger partial charge in [-0.15, -0.1) is 5.10 Å². The molecule has 1 aliphatic heterocycles. The second-order valence-electron chi connectivity index (χ2n) is 6.69. The van der Waals surface area contributed by atoms with Gasteiger partial charge in [0.15, 0.2) is 28.6 Å². The van der Waals surface area contributed by atoms with Crippen LogP contribution in [-0.4, -0.2) is 43.5 Å². The lowest BCUT2D eigenvalue weighted by Gasteiger charge is -2.16. The monoisotopic (exact) mass is 340 g/mol.